The summed E-state index contributed by atoms with van der Waals surface area (Å²) in [6.07, 6.45) is 3.21. The standard InChI is InChI=1S/C18H17FN4O/c1-13-16(11-21-23(13)17-8-3-4-9-20-17)18(24)22(2)12-14-6-5-7-15(19)10-14/h3-11H,12H2,1-2H3. The summed E-state index contributed by atoms with van der Waals surface area (Å²) in [5, 5.41) is 4.26. The van der Waals surface area contributed by atoms with Crippen molar-refractivity contribution in [2.24, 2.45) is 0 Å². The van der Waals surface area contributed by atoms with E-state index in [1.54, 1.807) is 35.0 Å². The number of benzene rings is 1. The third-order valence-corrected chi connectivity index (χ3v) is 3.76. The zero-order valence-electron chi connectivity index (χ0n) is 13.5. The van der Waals surface area contributed by atoms with E-state index in [9.17, 15) is 9.18 Å². The van der Waals surface area contributed by atoms with E-state index in [1.165, 1.54) is 18.3 Å². The third kappa shape index (κ3) is 3.17. The van der Waals surface area contributed by atoms with Crippen molar-refractivity contribution in [3.63, 3.8) is 0 Å². The van der Waals surface area contributed by atoms with Crippen LogP contribution >= 0.6 is 0 Å². The smallest absolute Gasteiger partial charge is 0.257 e. The van der Waals surface area contributed by atoms with Gasteiger partial charge in [-0.05, 0) is 36.8 Å². The molecule has 0 saturated carbocycles. The molecule has 0 aliphatic carbocycles. The molecule has 2 heterocycles. The molecule has 6 heteroatoms. The fourth-order valence-corrected chi connectivity index (χ4v) is 2.52. The average Bonchev–Trinajstić information content (AvgIpc) is 2.96. The zero-order chi connectivity index (χ0) is 17.1. The van der Waals surface area contributed by atoms with Gasteiger partial charge in [-0.2, -0.15) is 5.10 Å². The van der Waals surface area contributed by atoms with Crippen LogP contribution in [0.5, 0.6) is 0 Å². The van der Waals surface area contributed by atoms with Crippen LogP contribution in [0.1, 0.15) is 21.6 Å². The Balaban J connectivity index is 1.81. The van der Waals surface area contributed by atoms with Gasteiger partial charge in [0.2, 0.25) is 0 Å². The van der Waals surface area contributed by atoms with Crippen molar-refractivity contribution in [3.05, 3.63) is 77.5 Å². The van der Waals surface area contributed by atoms with Gasteiger partial charge in [-0.15, -0.1) is 0 Å². The summed E-state index contributed by atoms with van der Waals surface area (Å²) in [5.74, 6) is 0.174. The second kappa shape index (κ2) is 6.62. The van der Waals surface area contributed by atoms with E-state index in [1.807, 2.05) is 25.1 Å². The number of hydrogen-bond donors (Lipinski definition) is 0. The Morgan fingerprint density at radius 1 is 1.25 bits per heavy atom. The van der Waals surface area contributed by atoms with Gasteiger partial charge in [0, 0.05) is 19.8 Å². The van der Waals surface area contributed by atoms with E-state index in [4.69, 9.17) is 0 Å². The molecule has 0 aliphatic heterocycles. The lowest BCUT2D eigenvalue weighted by Gasteiger charge is -2.17. The Morgan fingerprint density at radius 2 is 2.08 bits per heavy atom. The maximum Gasteiger partial charge on any atom is 0.257 e. The summed E-state index contributed by atoms with van der Waals surface area (Å²) in [5.41, 5.74) is 1.95. The second-order valence-corrected chi connectivity index (χ2v) is 5.53. The average molecular weight is 324 g/mol. The number of nitrogens with zero attached hydrogens (tertiary/aromatic N) is 4. The summed E-state index contributed by atoms with van der Waals surface area (Å²) in [6.45, 7) is 2.15. The zero-order valence-corrected chi connectivity index (χ0v) is 13.5. The quantitative estimate of drug-likeness (QED) is 0.741. The van der Waals surface area contributed by atoms with Crippen LogP contribution in [0.2, 0.25) is 0 Å². The molecule has 24 heavy (non-hydrogen) atoms. The Bertz CT molecular complexity index is 860. The minimum absolute atomic E-state index is 0.168. The molecular formula is C18H17FN4O. The molecule has 3 aromatic rings. The van der Waals surface area contributed by atoms with Gasteiger partial charge in [-0.1, -0.05) is 18.2 Å². The molecule has 2 aromatic heterocycles. The Kier molecular flexibility index (Phi) is 4.37. The third-order valence-electron chi connectivity index (χ3n) is 3.76. The van der Waals surface area contributed by atoms with Crippen molar-refractivity contribution >= 4 is 5.91 Å². The monoisotopic (exact) mass is 324 g/mol. The molecule has 0 fully saturated rings. The molecule has 0 aliphatic rings. The molecule has 0 spiro atoms. The van der Waals surface area contributed by atoms with Crippen LogP contribution in [0, 0.1) is 12.7 Å². The van der Waals surface area contributed by atoms with Gasteiger partial charge in [-0.25, -0.2) is 14.1 Å². The molecule has 0 atom stereocenters. The lowest BCUT2D eigenvalue weighted by molar-refractivity contribution is 0.0784. The van der Waals surface area contributed by atoms with Crippen LogP contribution in [0.15, 0.2) is 54.9 Å². The predicted molar refractivity (Wildman–Crippen MR) is 88.3 cm³/mol. The van der Waals surface area contributed by atoms with E-state index in [0.717, 1.165) is 5.56 Å². The molecule has 0 saturated heterocycles. The molecule has 0 bridgehead atoms. The minimum Gasteiger partial charge on any atom is -0.337 e. The number of carbonyl (C=O) groups is 1. The van der Waals surface area contributed by atoms with E-state index >= 15 is 0 Å². The molecule has 1 amide bonds. The van der Waals surface area contributed by atoms with Crippen LogP contribution in [0.4, 0.5) is 4.39 Å². The number of rotatable bonds is 4. The van der Waals surface area contributed by atoms with E-state index in [2.05, 4.69) is 10.1 Å². The summed E-state index contributed by atoms with van der Waals surface area (Å²) < 4.78 is 14.9. The summed E-state index contributed by atoms with van der Waals surface area (Å²) in [4.78, 5) is 18.4. The molecule has 0 unspecified atom stereocenters. The first-order chi connectivity index (χ1) is 11.6. The van der Waals surface area contributed by atoms with Gasteiger partial charge in [0.15, 0.2) is 5.82 Å². The van der Waals surface area contributed by atoms with Crippen molar-refractivity contribution in [1.82, 2.24) is 19.7 Å². The van der Waals surface area contributed by atoms with Crippen LogP contribution in [0.25, 0.3) is 5.82 Å². The van der Waals surface area contributed by atoms with Gasteiger partial charge in [0.1, 0.15) is 5.82 Å². The highest BCUT2D eigenvalue weighted by Gasteiger charge is 2.19. The Hall–Kier alpha value is -3.02. The summed E-state index contributed by atoms with van der Waals surface area (Å²) in [6, 6.07) is 11.7. The molecule has 5 nitrogen and oxygen atoms in total. The Labute approximate surface area is 139 Å². The molecule has 3 rings (SSSR count). The molecule has 0 radical (unpaired) electrons. The Morgan fingerprint density at radius 3 is 2.79 bits per heavy atom. The number of pyridine rings is 1. The number of hydrogen-bond acceptors (Lipinski definition) is 3. The van der Waals surface area contributed by atoms with Crippen molar-refractivity contribution in [1.29, 1.82) is 0 Å². The van der Waals surface area contributed by atoms with E-state index < -0.39 is 0 Å². The highest BCUT2D eigenvalue weighted by atomic mass is 19.1. The maximum atomic E-state index is 13.3. The number of halogens is 1. The van der Waals surface area contributed by atoms with Crippen LogP contribution < -0.4 is 0 Å². The molecule has 1 aromatic carbocycles. The normalized spacial score (nSPS) is 10.6. The highest BCUT2D eigenvalue weighted by Crippen LogP contribution is 2.15. The second-order valence-electron chi connectivity index (χ2n) is 5.53. The van der Waals surface area contributed by atoms with Gasteiger partial charge >= 0.3 is 0 Å². The molecule has 0 N–H and O–H groups in total. The largest absolute Gasteiger partial charge is 0.337 e. The van der Waals surface area contributed by atoms with Gasteiger partial charge < -0.3 is 4.90 Å². The lowest BCUT2D eigenvalue weighted by Crippen LogP contribution is -2.26. The van der Waals surface area contributed by atoms with E-state index in [-0.39, 0.29) is 11.7 Å². The number of amides is 1. The maximum absolute atomic E-state index is 13.3. The van der Waals surface area contributed by atoms with Crippen LogP contribution in [-0.4, -0.2) is 32.6 Å². The van der Waals surface area contributed by atoms with Crippen molar-refractivity contribution < 1.29 is 9.18 Å². The fraction of sp³-hybridized carbons (Fsp3) is 0.167. The van der Waals surface area contributed by atoms with Gasteiger partial charge in [0.05, 0.1) is 17.5 Å². The predicted octanol–water partition coefficient (Wildman–Crippen LogP) is 2.99. The highest BCUT2D eigenvalue weighted by molar-refractivity contribution is 5.95. The minimum atomic E-state index is -0.312. The summed E-state index contributed by atoms with van der Waals surface area (Å²) in [7, 11) is 1.69. The first kappa shape index (κ1) is 15.9. The SMILES string of the molecule is Cc1c(C(=O)N(C)Cc2cccc(F)c2)cnn1-c1ccccn1. The summed E-state index contributed by atoms with van der Waals surface area (Å²) >= 11 is 0. The number of carbonyl (C=O) groups excluding carboxylic acids is 1. The van der Waals surface area contributed by atoms with E-state index in [0.29, 0.717) is 23.6 Å². The van der Waals surface area contributed by atoms with Crippen molar-refractivity contribution in [3.8, 4) is 5.82 Å². The molecule has 122 valence electrons. The number of aromatic nitrogens is 3. The van der Waals surface area contributed by atoms with Crippen LogP contribution in [-0.2, 0) is 6.54 Å². The first-order valence-electron chi connectivity index (χ1n) is 7.52. The van der Waals surface area contributed by atoms with Gasteiger partial charge in [-0.3, -0.25) is 4.79 Å². The van der Waals surface area contributed by atoms with Gasteiger partial charge in [0.25, 0.3) is 5.91 Å². The van der Waals surface area contributed by atoms with Crippen LogP contribution in [0.3, 0.4) is 0 Å². The topological polar surface area (TPSA) is 51.0 Å². The van der Waals surface area contributed by atoms with Crippen molar-refractivity contribution in [2.45, 2.75) is 13.5 Å². The molecular weight excluding hydrogens is 307 g/mol. The van der Waals surface area contributed by atoms with Crippen molar-refractivity contribution in [2.75, 3.05) is 7.05 Å². The lowest BCUT2D eigenvalue weighted by atomic mass is 10.2. The fourth-order valence-electron chi connectivity index (χ4n) is 2.52. The first-order valence-corrected chi connectivity index (χ1v) is 7.52.